The Labute approximate surface area is 86.3 Å². The molecule has 14 heavy (non-hydrogen) atoms. The summed E-state index contributed by atoms with van der Waals surface area (Å²) < 4.78 is 0. The van der Waals surface area contributed by atoms with E-state index in [1.54, 1.807) is 6.08 Å². The Balaban J connectivity index is 2.50. The lowest BCUT2D eigenvalue weighted by Gasteiger charge is -2.32. The van der Waals surface area contributed by atoms with Gasteiger partial charge in [-0.25, -0.2) is 0 Å². The van der Waals surface area contributed by atoms with Gasteiger partial charge in [0, 0.05) is 18.7 Å². The van der Waals surface area contributed by atoms with Gasteiger partial charge in [-0.2, -0.15) is 0 Å². The summed E-state index contributed by atoms with van der Waals surface area (Å²) in [5.74, 6) is 0.148. The van der Waals surface area contributed by atoms with Gasteiger partial charge >= 0.3 is 0 Å². The SMILES string of the molecule is CC=CC=CC(=O)N1CCCCC1C. The van der Waals surface area contributed by atoms with E-state index < -0.39 is 0 Å². The van der Waals surface area contributed by atoms with Crippen LogP contribution in [0.5, 0.6) is 0 Å². The van der Waals surface area contributed by atoms with Crippen molar-refractivity contribution in [3.05, 3.63) is 24.3 Å². The summed E-state index contributed by atoms with van der Waals surface area (Å²) in [4.78, 5) is 13.7. The van der Waals surface area contributed by atoms with Gasteiger partial charge in [-0.3, -0.25) is 4.79 Å². The number of nitrogens with zero attached hydrogens (tertiary/aromatic N) is 1. The predicted molar refractivity (Wildman–Crippen MR) is 59.0 cm³/mol. The van der Waals surface area contributed by atoms with Gasteiger partial charge in [-0.1, -0.05) is 18.2 Å². The molecule has 1 heterocycles. The first-order chi connectivity index (χ1) is 6.75. The summed E-state index contributed by atoms with van der Waals surface area (Å²) in [5, 5.41) is 0. The van der Waals surface area contributed by atoms with E-state index in [1.807, 2.05) is 30.1 Å². The minimum absolute atomic E-state index is 0.148. The summed E-state index contributed by atoms with van der Waals surface area (Å²) in [6.07, 6.45) is 10.8. The molecule has 0 spiro atoms. The lowest BCUT2D eigenvalue weighted by atomic mass is 10.0. The fourth-order valence-corrected chi connectivity index (χ4v) is 1.77. The summed E-state index contributed by atoms with van der Waals surface area (Å²) in [5.41, 5.74) is 0. The largest absolute Gasteiger partial charge is 0.336 e. The maximum atomic E-state index is 11.7. The molecule has 1 aliphatic heterocycles. The highest BCUT2D eigenvalue weighted by molar-refractivity contribution is 5.88. The van der Waals surface area contributed by atoms with E-state index in [1.165, 1.54) is 6.42 Å². The van der Waals surface area contributed by atoms with Crippen LogP contribution in [0.1, 0.15) is 33.1 Å². The molecule has 2 heteroatoms. The van der Waals surface area contributed by atoms with Crippen molar-refractivity contribution in [2.45, 2.75) is 39.2 Å². The van der Waals surface area contributed by atoms with Gasteiger partial charge in [-0.15, -0.1) is 0 Å². The van der Waals surface area contributed by atoms with Gasteiger partial charge in [0.05, 0.1) is 0 Å². The van der Waals surface area contributed by atoms with Crippen LogP contribution in [0, 0.1) is 0 Å². The van der Waals surface area contributed by atoms with Crippen molar-refractivity contribution >= 4 is 5.91 Å². The Morgan fingerprint density at radius 2 is 2.14 bits per heavy atom. The monoisotopic (exact) mass is 193 g/mol. The van der Waals surface area contributed by atoms with Crippen LogP contribution >= 0.6 is 0 Å². The van der Waals surface area contributed by atoms with E-state index in [9.17, 15) is 4.79 Å². The minimum atomic E-state index is 0.148. The summed E-state index contributed by atoms with van der Waals surface area (Å²) >= 11 is 0. The molecule has 1 saturated heterocycles. The number of likely N-dealkylation sites (tertiary alicyclic amines) is 1. The molecular weight excluding hydrogens is 174 g/mol. The molecule has 1 atom stereocenters. The first kappa shape index (κ1) is 11.0. The smallest absolute Gasteiger partial charge is 0.246 e. The zero-order valence-electron chi connectivity index (χ0n) is 9.07. The number of hydrogen-bond acceptors (Lipinski definition) is 1. The van der Waals surface area contributed by atoms with Crippen molar-refractivity contribution in [2.75, 3.05) is 6.54 Å². The number of carbonyl (C=O) groups excluding carboxylic acids is 1. The fourth-order valence-electron chi connectivity index (χ4n) is 1.77. The Hall–Kier alpha value is -1.05. The van der Waals surface area contributed by atoms with Gasteiger partial charge in [0.15, 0.2) is 0 Å². The molecule has 0 aromatic rings. The molecule has 1 aliphatic rings. The highest BCUT2D eigenvalue weighted by Crippen LogP contribution is 2.16. The van der Waals surface area contributed by atoms with Crippen molar-refractivity contribution in [3.63, 3.8) is 0 Å². The highest BCUT2D eigenvalue weighted by atomic mass is 16.2. The van der Waals surface area contributed by atoms with E-state index >= 15 is 0 Å². The number of hydrogen-bond donors (Lipinski definition) is 0. The zero-order chi connectivity index (χ0) is 10.4. The van der Waals surface area contributed by atoms with Crippen LogP contribution in [-0.4, -0.2) is 23.4 Å². The zero-order valence-corrected chi connectivity index (χ0v) is 9.07. The van der Waals surface area contributed by atoms with Crippen LogP contribution in [0.4, 0.5) is 0 Å². The molecule has 0 bridgehead atoms. The average Bonchev–Trinajstić information content (AvgIpc) is 2.18. The Bertz CT molecular complexity index is 243. The number of piperidine rings is 1. The third-order valence-electron chi connectivity index (χ3n) is 2.63. The van der Waals surface area contributed by atoms with Crippen molar-refractivity contribution in [1.82, 2.24) is 4.90 Å². The number of amides is 1. The Morgan fingerprint density at radius 1 is 1.36 bits per heavy atom. The van der Waals surface area contributed by atoms with E-state index in [2.05, 4.69) is 6.92 Å². The molecule has 78 valence electrons. The van der Waals surface area contributed by atoms with Crippen LogP contribution in [0.25, 0.3) is 0 Å². The van der Waals surface area contributed by atoms with Gasteiger partial charge in [0.2, 0.25) is 5.91 Å². The molecule has 0 aromatic heterocycles. The van der Waals surface area contributed by atoms with Gasteiger partial charge in [0.25, 0.3) is 0 Å². The van der Waals surface area contributed by atoms with E-state index in [-0.39, 0.29) is 5.91 Å². The molecule has 2 nitrogen and oxygen atoms in total. The van der Waals surface area contributed by atoms with Crippen LogP contribution in [-0.2, 0) is 4.79 Å². The highest BCUT2D eigenvalue weighted by Gasteiger charge is 2.20. The topological polar surface area (TPSA) is 20.3 Å². The van der Waals surface area contributed by atoms with E-state index in [4.69, 9.17) is 0 Å². The molecule has 0 aromatic carbocycles. The Morgan fingerprint density at radius 3 is 2.79 bits per heavy atom. The third kappa shape index (κ3) is 3.02. The first-order valence-corrected chi connectivity index (χ1v) is 5.35. The fraction of sp³-hybridized carbons (Fsp3) is 0.583. The van der Waals surface area contributed by atoms with E-state index in [0.29, 0.717) is 6.04 Å². The molecule has 0 aliphatic carbocycles. The van der Waals surface area contributed by atoms with Crippen LogP contribution < -0.4 is 0 Å². The van der Waals surface area contributed by atoms with Crippen molar-refractivity contribution < 1.29 is 4.79 Å². The second-order valence-corrected chi connectivity index (χ2v) is 3.76. The van der Waals surface area contributed by atoms with Gasteiger partial charge < -0.3 is 4.90 Å². The van der Waals surface area contributed by atoms with Crippen molar-refractivity contribution in [2.24, 2.45) is 0 Å². The maximum Gasteiger partial charge on any atom is 0.246 e. The lowest BCUT2D eigenvalue weighted by molar-refractivity contribution is -0.129. The number of carbonyl (C=O) groups is 1. The van der Waals surface area contributed by atoms with E-state index in [0.717, 1.165) is 19.4 Å². The normalized spacial score (nSPS) is 23.6. The second kappa shape index (κ2) is 5.63. The average molecular weight is 193 g/mol. The summed E-state index contributed by atoms with van der Waals surface area (Å²) in [7, 11) is 0. The first-order valence-electron chi connectivity index (χ1n) is 5.35. The van der Waals surface area contributed by atoms with Crippen molar-refractivity contribution in [1.29, 1.82) is 0 Å². The molecular formula is C12H19NO. The maximum absolute atomic E-state index is 11.7. The summed E-state index contributed by atoms with van der Waals surface area (Å²) in [6.45, 7) is 4.99. The van der Waals surface area contributed by atoms with Crippen LogP contribution in [0.15, 0.2) is 24.3 Å². The standard InChI is InChI=1S/C12H19NO/c1-3-4-5-9-12(14)13-10-7-6-8-11(13)2/h3-5,9,11H,6-8,10H2,1-2H3. The van der Waals surface area contributed by atoms with Crippen LogP contribution in [0.2, 0.25) is 0 Å². The minimum Gasteiger partial charge on any atom is -0.336 e. The van der Waals surface area contributed by atoms with Gasteiger partial charge in [0.1, 0.15) is 0 Å². The number of allylic oxidation sites excluding steroid dienone is 3. The molecule has 1 fully saturated rings. The van der Waals surface area contributed by atoms with Crippen molar-refractivity contribution in [3.8, 4) is 0 Å². The Kier molecular flexibility index (Phi) is 4.44. The molecule has 0 N–H and O–H groups in total. The van der Waals surface area contributed by atoms with Gasteiger partial charge in [-0.05, 0) is 33.1 Å². The molecule has 0 saturated carbocycles. The lowest BCUT2D eigenvalue weighted by Crippen LogP contribution is -2.41. The molecule has 1 amide bonds. The molecule has 1 unspecified atom stereocenters. The predicted octanol–water partition coefficient (Wildman–Crippen LogP) is 2.52. The van der Waals surface area contributed by atoms with Crippen LogP contribution in [0.3, 0.4) is 0 Å². The molecule has 1 rings (SSSR count). The summed E-state index contributed by atoms with van der Waals surface area (Å²) in [6, 6.07) is 0.409. The second-order valence-electron chi connectivity index (χ2n) is 3.76. The molecule has 0 radical (unpaired) electrons. The quantitative estimate of drug-likeness (QED) is 0.487. The third-order valence-corrected chi connectivity index (χ3v) is 2.63. The number of rotatable bonds is 2.